The first kappa shape index (κ1) is 19.1. The number of aromatic hydroxyl groups is 1. The number of hydrogen-bond acceptors (Lipinski definition) is 2. The summed E-state index contributed by atoms with van der Waals surface area (Å²) < 4.78 is 27.6. The van der Waals surface area contributed by atoms with E-state index in [9.17, 15) is 18.7 Å². The van der Waals surface area contributed by atoms with Crippen LogP contribution >= 0.6 is 0 Å². The minimum atomic E-state index is -1.13. The van der Waals surface area contributed by atoms with Crippen LogP contribution in [0.5, 0.6) is 5.75 Å². The van der Waals surface area contributed by atoms with Crippen molar-refractivity contribution in [1.82, 2.24) is 4.90 Å². The highest BCUT2D eigenvalue weighted by molar-refractivity contribution is 5.99. The van der Waals surface area contributed by atoms with Crippen molar-refractivity contribution >= 4 is 5.91 Å². The van der Waals surface area contributed by atoms with Gasteiger partial charge in [-0.05, 0) is 67.4 Å². The number of phenolic OH excluding ortho intramolecular Hbond substituents is 1. The fourth-order valence-corrected chi connectivity index (χ4v) is 4.78. The third-order valence-electron chi connectivity index (χ3n) is 6.16. The predicted octanol–water partition coefficient (Wildman–Crippen LogP) is 5.11. The molecule has 26 heavy (non-hydrogen) atoms. The molecule has 1 unspecified atom stereocenters. The maximum atomic E-state index is 14.1. The van der Waals surface area contributed by atoms with Crippen molar-refractivity contribution in [3.8, 4) is 5.75 Å². The van der Waals surface area contributed by atoms with E-state index in [1.807, 2.05) is 0 Å². The molecule has 0 radical (unpaired) electrons. The van der Waals surface area contributed by atoms with Gasteiger partial charge in [0.15, 0.2) is 17.4 Å². The lowest BCUT2D eigenvalue weighted by Crippen LogP contribution is -2.33. The average molecular weight is 365 g/mol. The van der Waals surface area contributed by atoms with Crippen molar-refractivity contribution < 1.29 is 18.7 Å². The number of phenols is 1. The van der Waals surface area contributed by atoms with Gasteiger partial charge in [0, 0.05) is 13.1 Å². The predicted molar refractivity (Wildman–Crippen MR) is 96.8 cm³/mol. The van der Waals surface area contributed by atoms with Crippen LogP contribution < -0.4 is 0 Å². The van der Waals surface area contributed by atoms with E-state index in [4.69, 9.17) is 0 Å². The van der Waals surface area contributed by atoms with E-state index in [0.29, 0.717) is 18.0 Å². The van der Waals surface area contributed by atoms with E-state index in [0.717, 1.165) is 36.7 Å². The number of nitrogens with zero attached hydrogens (tertiary/aromatic N) is 1. The third-order valence-corrected chi connectivity index (χ3v) is 6.16. The van der Waals surface area contributed by atoms with Gasteiger partial charge in [-0.25, -0.2) is 8.78 Å². The summed E-state index contributed by atoms with van der Waals surface area (Å²) in [5.41, 5.74) is 0.171. The van der Waals surface area contributed by atoms with Gasteiger partial charge in [-0.3, -0.25) is 4.79 Å². The van der Waals surface area contributed by atoms with Gasteiger partial charge >= 0.3 is 0 Å². The summed E-state index contributed by atoms with van der Waals surface area (Å²) in [5, 5.41) is 9.42. The van der Waals surface area contributed by atoms with E-state index in [1.165, 1.54) is 19.3 Å². The van der Waals surface area contributed by atoms with Crippen LogP contribution in [0.4, 0.5) is 8.78 Å². The van der Waals surface area contributed by atoms with Crippen LogP contribution in [0.25, 0.3) is 0 Å². The van der Waals surface area contributed by atoms with Crippen molar-refractivity contribution in [3.63, 3.8) is 0 Å². The Morgan fingerprint density at radius 1 is 1.19 bits per heavy atom. The van der Waals surface area contributed by atoms with Crippen LogP contribution in [0.3, 0.4) is 0 Å². The van der Waals surface area contributed by atoms with Gasteiger partial charge in [-0.2, -0.15) is 0 Å². The Morgan fingerprint density at radius 2 is 1.85 bits per heavy atom. The van der Waals surface area contributed by atoms with Gasteiger partial charge in [0.1, 0.15) is 0 Å². The Kier molecular flexibility index (Phi) is 5.54. The summed E-state index contributed by atoms with van der Waals surface area (Å²) >= 11 is 0. The molecule has 1 fully saturated rings. The monoisotopic (exact) mass is 365 g/mol. The second-order valence-electron chi connectivity index (χ2n) is 8.63. The normalized spacial score (nSPS) is 24.2. The molecule has 0 bridgehead atoms. The molecule has 3 nitrogen and oxygen atoms in total. The van der Waals surface area contributed by atoms with Crippen LogP contribution in [0.15, 0.2) is 6.07 Å². The van der Waals surface area contributed by atoms with Crippen LogP contribution in [-0.4, -0.2) is 22.5 Å². The molecule has 0 aromatic heterocycles. The van der Waals surface area contributed by atoms with E-state index in [1.54, 1.807) is 4.90 Å². The number of amides is 1. The molecule has 1 atom stereocenters. The summed E-state index contributed by atoms with van der Waals surface area (Å²) in [7, 11) is 0. The quantitative estimate of drug-likeness (QED) is 0.787. The number of rotatable bonds is 5. The molecular weight excluding hydrogens is 336 g/mol. The molecule has 1 aromatic carbocycles. The first-order valence-corrected chi connectivity index (χ1v) is 9.77. The Labute approximate surface area is 154 Å². The third kappa shape index (κ3) is 3.72. The smallest absolute Gasteiger partial charge is 0.257 e. The number of carbonyl (C=O) groups excluding carboxylic acids is 1. The maximum absolute atomic E-state index is 14.1. The zero-order valence-corrected chi connectivity index (χ0v) is 15.9. The molecular formula is C21H29F2NO2. The molecule has 1 aromatic rings. The van der Waals surface area contributed by atoms with Gasteiger partial charge in [0.05, 0.1) is 5.56 Å². The molecule has 0 saturated heterocycles. The molecule has 1 heterocycles. The van der Waals surface area contributed by atoms with Gasteiger partial charge in [-0.15, -0.1) is 0 Å². The minimum absolute atomic E-state index is 0.164. The topological polar surface area (TPSA) is 40.5 Å². The standard InChI is InChI=1S/C21H29F2NO2/c1-12(2)8-13(3)15-6-4-14(5-7-15)10-24-11-16-9-17(22)20(25)19(23)18(16)21(24)26/h9,12-15,25H,4-8,10-11H2,1-3H3. The second-order valence-corrected chi connectivity index (χ2v) is 8.63. The molecule has 1 aliphatic heterocycles. The SMILES string of the molecule is CC(C)CC(C)C1CCC(CN2Cc3cc(F)c(O)c(F)c3C2=O)CC1. The lowest BCUT2D eigenvalue weighted by molar-refractivity contribution is 0.0716. The Morgan fingerprint density at radius 3 is 2.46 bits per heavy atom. The zero-order chi connectivity index (χ0) is 19.0. The molecule has 1 aliphatic carbocycles. The lowest BCUT2D eigenvalue weighted by Gasteiger charge is -2.34. The first-order chi connectivity index (χ1) is 12.3. The van der Waals surface area contributed by atoms with Crippen molar-refractivity contribution in [3.05, 3.63) is 28.8 Å². The van der Waals surface area contributed by atoms with Crippen molar-refractivity contribution in [2.24, 2.45) is 23.7 Å². The summed E-state index contributed by atoms with van der Waals surface area (Å²) in [5.74, 6) is -0.999. The molecule has 1 amide bonds. The van der Waals surface area contributed by atoms with E-state index in [-0.39, 0.29) is 12.1 Å². The summed E-state index contributed by atoms with van der Waals surface area (Å²) in [6.07, 6.45) is 5.77. The molecule has 3 rings (SSSR count). The molecule has 144 valence electrons. The van der Waals surface area contributed by atoms with Crippen LogP contribution in [0.2, 0.25) is 0 Å². The number of halogens is 2. The number of carbonyl (C=O) groups is 1. The highest BCUT2D eigenvalue weighted by Gasteiger charge is 2.35. The van der Waals surface area contributed by atoms with Crippen LogP contribution in [0.1, 0.15) is 68.8 Å². The molecule has 1 N–H and O–H groups in total. The minimum Gasteiger partial charge on any atom is -0.503 e. The highest BCUT2D eigenvalue weighted by atomic mass is 19.1. The summed E-state index contributed by atoms with van der Waals surface area (Å²) in [4.78, 5) is 14.1. The largest absolute Gasteiger partial charge is 0.503 e. The summed E-state index contributed by atoms with van der Waals surface area (Å²) in [6.45, 7) is 7.68. The van der Waals surface area contributed by atoms with Gasteiger partial charge in [0.25, 0.3) is 5.91 Å². The van der Waals surface area contributed by atoms with E-state index >= 15 is 0 Å². The number of hydrogen-bond donors (Lipinski definition) is 1. The number of fused-ring (bicyclic) bond motifs is 1. The average Bonchev–Trinajstić information content (AvgIpc) is 2.88. The molecule has 2 aliphatic rings. The van der Waals surface area contributed by atoms with Crippen molar-refractivity contribution in [2.45, 2.75) is 59.4 Å². The first-order valence-electron chi connectivity index (χ1n) is 9.77. The van der Waals surface area contributed by atoms with Gasteiger partial charge in [0.2, 0.25) is 0 Å². The lowest BCUT2D eigenvalue weighted by atomic mass is 9.74. The Hall–Kier alpha value is -1.65. The molecule has 1 saturated carbocycles. The van der Waals surface area contributed by atoms with Crippen molar-refractivity contribution in [1.29, 1.82) is 0 Å². The Balaban J connectivity index is 1.58. The van der Waals surface area contributed by atoms with Gasteiger partial charge in [-0.1, -0.05) is 20.8 Å². The van der Waals surface area contributed by atoms with Crippen LogP contribution in [0, 0.1) is 35.3 Å². The fourth-order valence-electron chi connectivity index (χ4n) is 4.78. The van der Waals surface area contributed by atoms with Crippen molar-refractivity contribution in [2.75, 3.05) is 6.54 Å². The highest BCUT2D eigenvalue weighted by Crippen LogP contribution is 2.38. The fraction of sp³-hybridized carbons (Fsp3) is 0.667. The Bertz CT molecular complexity index is 681. The number of benzene rings is 1. The molecule has 5 heteroatoms. The van der Waals surface area contributed by atoms with Gasteiger partial charge < -0.3 is 10.0 Å². The van der Waals surface area contributed by atoms with E-state index in [2.05, 4.69) is 20.8 Å². The second kappa shape index (κ2) is 7.53. The zero-order valence-electron chi connectivity index (χ0n) is 15.9. The van der Waals surface area contributed by atoms with E-state index < -0.39 is 23.3 Å². The summed E-state index contributed by atoms with van der Waals surface area (Å²) in [6, 6.07) is 1.08. The molecule has 0 spiro atoms. The van der Waals surface area contributed by atoms with Crippen LogP contribution in [-0.2, 0) is 6.54 Å². The maximum Gasteiger partial charge on any atom is 0.257 e.